The van der Waals surface area contributed by atoms with Gasteiger partial charge in [0.25, 0.3) is 10.0 Å². The van der Waals surface area contributed by atoms with Gasteiger partial charge >= 0.3 is 6.03 Å². The summed E-state index contributed by atoms with van der Waals surface area (Å²) in [4.78, 5) is 11.9. The number of hydrogen-bond donors (Lipinski definition) is 2. The fourth-order valence-corrected chi connectivity index (χ4v) is 3.61. The van der Waals surface area contributed by atoms with Gasteiger partial charge < -0.3 is 15.4 Å². The number of anilines is 1. The van der Waals surface area contributed by atoms with E-state index in [1.165, 1.54) is 6.07 Å². The van der Waals surface area contributed by atoms with Crippen LogP contribution in [0.5, 0.6) is 0 Å². The lowest BCUT2D eigenvalue weighted by atomic mass is 10.2. The van der Waals surface area contributed by atoms with Crippen LogP contribution in [-0.2, 0) is 14.8 Å². The van der Waals surface area contributed by atoms with Crippen LogP contribution < -0.4 is 10.6 Å². The van der Waals surface area contributed by atoms with Crippen molar-refractivity contribution in [1.29, 1.82) is 0 Å². The first-order chi connectivity index (χ1) is 12.5. The van der Waals surface area contributed by atoms with E-state index in [1.54, 1.807) is 42.5 Å². The lowest BCUT2D eigenvalue weighted by Gasteiger charge is -2.09. The summed E-state index contributed by atoms with van der Waals surface area (Å²) in [5.41, 5.74) is 1.09. The van der Waals surface area contributed by atoms with Crippen LogP contribution in [0.1, 0.15) is 12.0 Å². The molecule has 3 rings (SSSR count). The molecule has 0 radical (unpaired) electrons. The van der Waals surface area contributed by atoms with Gasteiger partial charge in [-0.1, -0.05) is 23.7 Å². The number of fused-ring (bicyclic) bond motifs is 1. The number of halogens is 1. The molecule has 1 aliphatic rings. The van der Waals surface area contributed by atoms with Gasteiger partial charge in [-0.3, -0.25) is 0 Å². The highest BCUT2D eigenvalue weighted by Gasteiger charge is 2.29. The third kappa shape index (κ3) is 4.33. The number of nitrogens with zero attached hydrogens (tertiary/aromatic N) is 1. The molecule has 0 aliphatic carbocycles. The molecular weight excluding hydrogens is 378 g/mol. The molecule has 7 nitrogen and oxygen atoms in total. The van der Waals surface area contributed by atoms with Crippen LogP contribution in [0, 0.1) is 0 Å². The molecule has 0 saturated heterocycles. The van der Waals surface area contributed by atoms with Gasteiger partial charge in [-0.2, -0.15) is 8.42 Å². The number of carbonyl (C=O) groups is 1. The molecule has 0 fully saturated rings. The molecule has 0 aromatic heterocycles. The smallest absolute Gasteiger partial charge is 0.319 e. The molecule has 0 spiro atoms. The summed E-state index contributed by atoms with van der Waals surface area (Å²) in [5, 5.41) is 5.95. The first-order valence-electron chi connectivity index (χ1n) is 7.83. The summed E-state index contributed by atoms with van der Waals surface area (Å²) < 4.78 is 32.9. The Labute approximate surface area is 156 Å². The Morgan fingerprint density at radius 1 is 1.12 bits per heavy atom. The molecule has 136 valence electrons. The van der Waals surface area contributed by atoms with Gasteiger partial charge in [0.05, 0.1) is 12.2 Å². The van der Waals surface area contributed by atoms with Crippen LogP contribution in [-0.4, -0.2) is 33.5 Å². The zero-order chi connectivity index (χ0) is 18.6. The molecule has 1 heterocycles. The Hall–Kier alpha value is -2.58. The summed E-state index contributed by atoms with van der Waals surface area (Å²) in [5.74, 6) is 0.0891. The Bertz CT molecular complexity index is 943. The molecule has 9 heteroatoms. The van der Waals surface area contributed by atoms with Crippen molar-refractivity contribution in [2.45, 2.75) is 11.3 Å². The summed E-state index contributed by atoms with van der Waals surface area (Å²) in [6.07, 6.45) is 0.495. The maximum atomic E-state index is 11.9. The van der Waals surface area contributed by atoms with E-state index in [2.05, 4.69) is 15.0 Å². The average molecular weight is 394 g/mol. The SMILES string of the molecule is O=C(NCCCOC1=NS(=O)(=O)c2ccccc21)Nc1ccc(Cl)cc1. The van der Waals surface area contributed by atoms with Crippen LogP contribution in [0.15, 0.2) is 57.8 Å². The van der Waals surface area contributed by atoms with E-state index >= 15 is 0 Å². The van der Waals surface area contributed by atoms with Crippen molar-refractivity contribution in [3.63, 3.8) is 0 Å². The molecule has 2 N–H and O–H groups in total. The quantitative estimate of drug-likeness (QED) is 0.763. The fourth-order valence-electron chi connectivity index (χ4n) is 2.33. The lowest BCUT2D eigenvalue weighted by Crippen LogP contribution is -2.30. The maximum absolute atomic E-state index is 11.9. The summed E-state index contributed by atoms with van der Waals surface area (Å²) >= 11 is 5.78. The van der Waals surface area contributed by atoms with E-state index < -0.39 is 10.0 Å². The lowest BCUT2D eigenvalue weighted by molar-refractivity contribution is 0.249. The first-order valence-corrected chi connectivity index (χ1v) is 9.65. The minimum Gasteiger partial charge on any atom is -0.477 e. The number of carbonyl (C=O) groups excluding carboxylic acids is 1. The highest BCUT2D eigenvalue weighted by Crippen LogP contribution is 2.26. The molecule has 2 aromatic carbocycles. The molecule has 1 aliphatic heterocycles. The number of rotatable bonds is 5. The van der Waals surface area contributed by atoms with E-state index in [0.717, 1.165) is 0 Å². The Balaban J connectivity index is 1.42. The third-order valence-electron chi connectivity index (χ3n) is 3.55. The predicted octanol–water partition coefficient (Wildman–Crippen LogP) is 3.02. The van der Waals surface area contributed by atoms with Crippen molar-refractivity contribution in [2.24, 2.45) is 4.40 Å². The molecule has 0 unspecified atom stereocenters. The summed E-state index contributed by atoms with van der Waals surface area (Å²) in [6.45, 7) is 0.588. The van der Waals surface area contributed by atoms with Crippen LogP contribution >= 0.6 is 11.6 Å². The average Bonchev–Trinajstić information content (AvgIpc) is 2.88. The monoisotopic (exact) mass is 393 g/mol. The number of ether oxygens (including phenoxy) is 1. The summed E-state index contributed by atoms with van der Waals surface area (Å²) in [7, 11) is -3.67. The molecule has 2 amide bonds. The minimum atomic E-state index is -3.67. The highest BCUT2D eigenvalue weighted by atomic mass is 35.5. The first kappa shape index (κ1) is 18.2. The second-order valence-corrected chi connectivity index (χ2v) is 7.47. The second kappa shape index (κ2) is 7.76. The number of amides is 2. The number of hydrogen-bond acceptors (Lipinski definition) is 4. The van der Waals surface area contributed by atoms with Crippen LogP contribution in [0.3, 0.4) is 0 Å². The molecule has 0 bridgehead atoms. The van der Waals surface area contributed by atoms with E-state index in [0.29, 0.717) is 29.2 Å². The second-order valence-electron chi connectivity index (χ2n) is 5.46. The van der Waals surface area contributed by atoms with Crippen molar-refractivity contribution in [2.75, 3.05) is 18.5 Å². The van der Waals surface area contributed by atoms with Gasteiger partial charge in [0, 0.05) is 17.3 Å². The van der Waals surface area contributed by atoms with Crippen LogP contribution in [0.4, 0.5) is 10.5 Å². The number of urea groups is 1. The van der Waals surface area contributed by atoms with E-state index in [1.807, 2.05) is 0 Å². The zero-order valence-corrected chi connectivity index (χ0v) is 15.2. The fraction of sp³-hybridized carbons (Fsp3) is 0.176. The normalized spacial score (nSPS) is 14.3. The van der Waals surface area contributed by atoms with Crippen LogP contribution in [0.25, 0.3) is 0 Å². The van der Waals surface area contributed by atoms with E-state index in [9.17, 15) is 13.2 Å². The minimum absolute atomic E-state index is 0.0891. The number of benzene rings is 2. The van der Waals surface area contributed by atoms with Gasteiger partial charge in [-0.25, -0.2) is 4.79 Å². The molecule has 0 atom stereocenters. The highest BCUT2D eigenvalue weighted by molar-refractivity contribution is 7.90. The molecule has 0 saturated carbocycles. The third-order valence-corrected chi connectivity index (χ3v) is 5.12. The van der Waals surface area contributed by atoms with E-state index in [4.69, 9.17) is 16.3 Å². The van der Waals surface area contributed by atoms with Crippen molar-refractivity contribution in [3.05, 3.63) is 59.1 Å². The van der Waals surface area contributed by atoms with Crippen molar-refractivity contribution < 1.29 is 17.9 Å². The van der Waals surface area contributed by atoms with Crippen molar-refractivity contribution in [3.8, 4) is 0 Å². The van der Waals surface area contributed by atoms with Gasteiger partial charge in [0.1, 0.15) is 4.90 Å². The molecule has 2 aromatic rings. The van der Waals surface area contributed by atoms with Gasteiger partial charge in [-0.05, 0) is 42.8 Å². The molecule has 26 heavy (non-hydrogen) atoms. The van der Waals surface area contributed by atoms with Crippen molar-refractivity contribution in [1.82, 2.24) is 5.32 Å². The summed E-state index contributed by atoms with van der Waals surface area (Å²) in [6, 6.07) is 12.9. The van der Waals surface area contributed by atoms with Crippen molar-refractivity contribution >= 4 is 39.2 Å². The maximum Gasteiger partial charge on any atom is 0.319 e. The van der Waals surface area contributed by atoms with Crippen LogP contribution in [0.2, 0.25) is 5.02 Å². The topological polar surface area (TPSA) is 96.9 Å². The largest absolute Gasteiger partial charge is 0.477 e. The van der Waals surface area contributed by atoms with E-state index in [-0.39, 0.29) is 23.4 Å². The van der Waals surface area contributed by atoms with Gasteiger partial charge in [0.15, 0.2) is 0 Å². The Morgan fingerprint density at radius 2 is 1.85 bits per heavy atom. The Kier molecular flexibility index (Phi) is 5.43. The van der Waals surface area contributed by atoms with Gasteiger partial charge in [-0.15, -0.1) is 4.40 Å². The Morgan fingerprint density at radius 3 is 2.62 bits per heavy atom. The molecular formula is C17H16ClN3O4S. The zero-order valence-electron chi connectivity index (χ0n) is 13.6. The standard InChI is InChI=1S/C17H16ClN3O4S/c18-12-6-8-13(9-7-12)20-17(22)19-10-3-11-25-16-14-4-1-2-5-15(14)26(23,24)21-16/h1-2,4-9H,3,10-11H2,(H2,19,20,22). The van der Waals surface area contributed by atoms with Gasteiger partial charge in [0.2, 0.25) is 5.90 Å². The number of sulfonamides is 1. The predicted molar refractivity (Wildman–Crippen MR) is 99.2 cm³/mol. The number of nitrogens with one attached hydrogen (secondary N) is 2.